The van der Waals surface area contributed by atoms with Crippen LogP contribution in [-0.4, -0.2) is 75.9 Å². The molecule has 0 saturated carbocycles. The predicted molar refractivity (Wildman–Crippen MR) is 106 cm³/mol. The first-order valence-electron chi connectivity index (χ1n) is 9.43. The van der Waals surface area contributed by atoms with E-state index in [0.29, 0.717) is 63.8 Å². The Labute approximate surface area is 171 Å². The molecule has 9 nitrogen and oxygen atoms in total. The summed E-state index contributed by atoms with van der Waals surface area (Å²) in [6.07, 6.45) is 0.185. The van der Waals surface area contributed by atoms with Crippen molar-refractivity contribution < 1.29 is 38.4 Å². The molecule has 0 radical (unpaired) electrons. The van der Waals surface area contributed by atoms with Crippen LogP contribution in [0, 0.1) is 0 Å². The molecule has 1 amide bonds. The number of benzene rings is 1. The number of phenolic OH excluding ortho intramolecular Hbond substituents is 1. The average Bonchev–Trinajstić information content (AvgIpc) is 2.65. The van der Waals surface area contributed by atoms with Gasteiger partial charge < -0.3 is 34.1 Å². The van der Waals surface area contributed by atoms with Crippen molar-refractivity contribution in [1.29, 1.82) is 0 Å². The second-order valence-electron chi connectivity index (χ2n) is 6.96. The lowest BCUT2D eigenvalue weighted by molar-refractivity contribution is 0.00892. The highest BCUT2D eigenvalue weighted by molar-refractivity contribution is 5.76. The number of aromatic hydroxyl groups is 1. The van der Waals surface area contributed by atoms with Gasteiger partial charge in [0.2, 0.25) is 0 Å². The maximum Gasteiger partial charge on any atom is 0.407 e. The van der Waals surface area contributed by atoms with Gasteiger partial charge in [0.05, 0.1) is 39.6 Å². The van der Waals surface area contributed by atoms with Crippen LogP contribution in [0.2, 0.25) is 0 Å². The summed E-state index contributed by atoms with van der Waals surface area (Å²) in [5, 5.41) is 12.3. The third-order valence-electron chi connectivity index (χ3n) is 3.26. The Hall–Kier alpha value is -2.36. The molecule has 164 valence electrons. The minimum atomic E-state index is -0.516. The molecule has 0 atom stereocenters. The van der Waals surface area contributed by atoms with Crippen molar-refractivity contribution >= 4 is 12.4 Å². The Morgan fingerprint density at radius 2 is 1.59 bits per heavy atom. The van der Waals surface area contributed by atoms with Gasteiger partial charge in [-0.1, -0.05) is 0 Å². The highest BCUT2D eigenvalue weighted by Crippen LogP contribution is 2.25. The van der Waals surface area contributed by atoms with Crippen molar-refractivity contribution in [3.8, 4) is 11.5 Å². The van der Waals surface area contributed by atoms with Crippen molar-refractivity contribution in [3.05, 3.63) is 23.8 Å². The zero-order valence-corrected chi connectivity index (χ0v) is 17.3. The summed E-state index contributed by atoms with van der Waals surface area (Å²) in [4.78, 5) is 22.0. The van der Waals surface area contributed by atoms with Gasteiger partial charge in [0.1, 0.15) is 18.5 Å². The maximum absolute atomic E-state index is 11.4. The Morgan fingerprint density at radius 3 is 2.14 bits per heavy atom. The fourth-order valence-electron chi connectivity index (χ4n) is 2.02. The largest absolute Gasteiger partial charge is 0.504 e. The van der Waals surface area contributed by atoms with Crippen LogP contribution in [-0.2, 0) is 18.9 Å². The summed E-state index contributed by atoms with van der Waals surface area (Å²) in [6, 6.07) is 4.43. The van der Waals surface area contributed by atoms with Crippen LogP contribution >= 0.6 is 0 Å². The summed E-state index contributed by atoms with van der Waals surface area (Å²) in [7, 11) is 0. The number of carbonyl (C=O) groups is 2. The first-order valence-corrected chi connectivity index (χ1v) is 9.43. The van der Waals surface area contributed by atoms with E-state index in [9.17, 15) is 14.7 Å². The summed E-state index contributed by atoms with van der Waals surface area (Å²) in [5.41, 5.74) is -0.135. The quantitative estimate of drug-likeness (QED) is 0.352. The smallest absolute Gasteiger partial charge is 0.407 e. The third-order valence-corrected chi connectivity index (χ3v) is 3.26. The van der Waals surface area contributed by atoms with Crippen molar-refractivity contribution in [2.75, 3.05) is 52.8 Å². The van der Waals surface area contributed by atoms with Gasteiger partial charge in [-0.05, 0) is 39.0 Å². The zero-order valence-electron chi connectivity index (χ0n) is 17.3. The molecule has 0 saturated heterocycles. The molecule has 0 spiro atoms. The fourth-order valence-corrected chi connectivity index (χ4v) is 2.02. The standard InChI is InChI=1S/C20H31NO8/c1-20(2,3)29-19(24)21-6-7-25-8-9-26-10-11-27-12-13-28-18-5-4-16(15-22)14-17(18)23/h4-5,14-15,23H,6-13H2,1-3H3,(H,21,24). The number of carbonyl (C=O) groups excluding carboxylic acids is 2. The van der Waals surface area contributed by atoms with Crippen molar-refractivity contribution in [1.82, 2.24) is 5.32 Å². The second kappa shape index (κ2) is 13.8. The van der Waals surface area contributed by atoms with E-state index in [1.807, 2.05) is 0 Å². The molecule has 0 aliphatic heterocycles. The van der Waals surface area contributed by atoms with Crippen LogP contribution in [0.25, 0.3) is 0 Å². The van der Waals surface area contributed by atoms with Gasteiger partial charge in [0, 0.05) is 12.1 Å². The van der Waals surface area contributed by atoms with Crippen LogP contribution < -0.4 is 10.1 Å². The number of alkyl carbamates (subject to hydrolysis) is 1. The second-order valence-corrected chi connectivity index (χ2v) is 6.96. The minimum absolute atomic E-state index is 0.0840. The SMILES string of the molecule is CC(C)(C)OC(=O)NCCOCCOCCOCCOc1ccc(C=O)cc1O. The molecule has 1 aromatic rings. The molecule has 0 unspecified atom stereocenters. The van der Waals surface area contributed by atoms with Gasteiger partial charge in [0.25, 0.3) is 0 Å². The van der Waals surface area contributed by atoms with E-state index in [1.54, 1.807) is 26.8 Å². The average molecular weight is 413 g/mol. The lowest BCUT2D eigenvalue weighted by Gasteiger charge is -2.19. The molecule has 0 heterocycles. The van der Waals surface area contributed by atoms with Crippen LogP contribution in [0.3, 0.4) is 0 Å². The van der Waals surface area contributed by atoms with E-state index in [2.05, 4.69) is 5.32 Å². The number of phenols is 1. The molecule has 29 heavy (non-hydrogen) atoms. The van der Waals surface area contributed by atoms with Gasteiger partial charge in [-0.15, -0.1) is 0 Å². The van der Waals surface area contributed by atoms with Crippen molar-refractivity contribution in [2.24, 2.45) is 0 Å². The van der Waals surface area contributed by atoms with Gasteiger partial charge in [0.15, 0.2) is 11.5 Å². The molecule has 0 bridgehead atoms. The number of nitrogens with one attached hydrogen (secondary N) is 1. The number of hydrogen-bond acceptors (Lipinski definition) is 8. The summed E-state index contributed by atoms with van der Waals surface area (Å²) in [6.45, 7) is 8.40. The molecule has 9 heteroatoms. The highest BCUT2D eigenvalue weighted by Gasteiger charge is 2.15. The molecule has 0 aliphatic rings. The maximum atomic E-state index is 11.4. The van der Waals surface area contributed by atoms with E-state index in [0.717, 1.165) is 0 Å². The molecular weight excluding hydrogens is 382 g/mol. The first-order chi connectivity index (χ1) is 13.8. The van der Waals surface area contributed by atoms with Gasteiger partial charge in [-0.2, -0.15) is 0 Å². The molecule has 1 aromatic carbocycles. The lowest BCUT2D eigenvalue weighted by atomic mass is 10.2. The third kappa shape index (κ3) is 12.7. The van der Waals surface area contributed by atoms with Crippen LogP contribution in [0.5, 0.6) is 11.5 Å². The number of rotatable bonds is 14. The summed E-state index contributed by atoms with van der Waals surface area (Å²) >= 11 is 0. The zero-order chi connectivity index (χ0) is 21.5. The molecule has 0 fully saturated rings. The molecule has 0 aromatic heterocycles. The highest BCUT2D eigenvalue weighted by atomic mass is 16.6. The Kier molecular flexibility index (Phi) is 11.7. The summed E-state index contributed by atoms with van der Waals surface area (Å²) in [5.74, 6) is 0.216. The minimum Gasteiger partial charge on any atom is -0.504 e. The van der Waals surface area contributed by atoms with Crippen LogP contribution in [0.1, 0.15) is 31.1 Å². The summed E-state index contributed by atoms with van der Waals surface area (Å²) < 4.78 is 26.5. The van der Waals surface area contributed by atoms with E-state index < -0.39 is 11.7 Å². The van der Waals surface area contributed by atoms with E-state index in [1.165, 1.54) is 12.1 Å². The van der Waals surface area contributed by atoms with Crippen molar-refractivity contribution in [2.45, 2.75) is 26.4 Å². The van der Waals surface area contributed by atoms with Crippen LogP contribution in [0.15, 0.2) is 18.2 Å². The Balaban J connectivity index is 1.89. The van der Waals surface area contributed by atoms with E-state index in [-0.39, 0.29) is 12.4 Å². The number of ether oxygens (including phenoxy) is 5. The van der Waals surface area contributed by atoms with E-state index >= 15 is 0 Å². The predicted octanol–water partition coefficient (Wildman–Crippen LogP) is 2.16. The monoisotopic (exact) mass is 413 g/mol. The normalized spacial score (nSPS) is 11.1. The molecule has 1 rings (SSSR count). The number of aldehydes is 1. The van der Waals surface area contributed by atoms with Gasteiger partial charge in [-0.3, -0.25) is 4.79 Å². The Bertz CT molecular complexity index is 615. The first kappa shape index (κ1) is 24.7. The topological polar surface area (TPSA) is 113 Å². The van der Waals surface area contributed by atoms with Crippen molar-refractivity contribution in [3.63, 3.8) is 0 Å². The molecular formula is C20H31NO8. The fraction of sp³-hybridized carbons (Fsp3) is 0.600. The van der Waals surface area contributed by atoms with Crippen LogP contribution in [0.4, 0.5) is 4.79 Å². The number of hydrogen-bond donors (Lipinski definition) is 2. The number of amides is 1. The van der Waals surface area contributed by atoms with Gasteiger partial charge >= 0.3 is 6.09 Å². The Morgan fingerprint density at radius 1 is 1.00 bits per heavy atom. The van der Waals surface area contributed by atoms with Gasteiger partial charge in [-0.25, -0.2) is 4.79 Å². The van der Waals surface area contributed by atoms with E-state index in [4.69, 9.17) is 23.7 Å². The molecule has 0 aliphatic carbocycles. The lowest BCUT2D eigenvalue weighted by Crippen LogP contribution is -2.34. The molecule has 2 N–H and O–H groups in total.